The highest BCUT2D eigenvalue weighted by Crippen LogP contribution is 2.42. The van der Waals surface area contributed by atoms with E-state index in [9.17, 15) is 4.79 Å². The Hall–Kier alpha value is -0.313. The number of ether oxygens (including phenoxy) is 1. The zero-order valence-electron chi connectivity index (χ0n) is 11.9. The normalized spacial score (nSPS) is 20.7. The fraction of sp³-hybridized carbons (Fsp3) is 0.929. The minimum atomic E-state index is -0.147. The van der Waals surface area contributed by atoms with Crippen LogP contribution in [-0.4, -0.2) is 22.3 Å². The van der Waals surface area contributed by atoms with Crippen LogP contribution in [-0.2, 0) is 9.53 Å². The van der Waals surface area contributed by atoms with Crippen molar-refractivity contribution < 1.29 is 9.53 Å². The van der Waals surface area contributed by atoms with Crippen molar-refractivity contribution in [2.75, 3.05) is 0 Å². The van der Waals surface area contributed by atoms with Crippen LogP contribution in [0.2, 0.25) is 5.04 Å². The molecule has 1 unspecified atom stereocenters. The summed E-state index contributed by atoms with van der Waals surface area (Å²) < 4.78 is 5.75. The van der Waals surface area contributed by atoms with E-state index in [0.29, 0.717) is 5.92 Å². The third kappa shape index (κ3) is 3.33. The zero-order chi connectivity index (χ0) is 12.9. The molecule has 1 aliphatic rings. The van der Waals surface area contributed by atoms with Gasteiger partial charge in [-0.3, -0.25) is 4.79 Å². The maximum absolute atomic E-state index is 12.4. The molecule has 1 rings (SSSR count). The van der Waals surface area contributed by atoms with Crippen molar-refractivity contribution >= 4 is 16.2 Å². The van der Waals surface area contributed by atoms with Crippen molar-refractivity contribution in [3.63, 3.8) is 0 Å². The monoisotopic (exact) mass is 256 g/mol. The number of carbonyl (C=O) groups is 1. The largest absolute Gasteiger partial charge is 0.462 e. The maximum atomic E-state index is 12.4. The third-order valence-corrected chi connectivity index (χ3v) is 6.60. The molecular weight excluding hydrogens is 228 g/mol. The zero-order valence-corrected chi connectivity index (χ0v) is 13.9. The van der Waals surface area contributed by atoms with E-state index in [2.05, 4.69) is 20.8 Å². The van der Waals surface area contributed by atoms with E-state index in [1.807, 2.05) is 0 Å². The molecule has 0 N–H and O–H groups in total. The Morgan fingerprint density at radius 3 is 2.24 bits per heavy atom. The molecule has 100 valence electrons. The fourth-order valence-corrected chi connectivity index (χ4v) is 4.02. The molecular formula is C14H28O2Si. The van der Waals surface area contributed by atoms with Gasteiger partial charge in [-0.25, -0.2) is 0 Å². The lowest BCUT2D eigenvalue weighted by Gasteiger charge is -2.34. The lowest BCUT2D eigenvalue weighted by atomic mass is 9.84. The van der Waals surface area contributed by atoms with Crippen molar-refractivity contribution in [1.29, 1.82) is 0 Å². The summed E-state index contributed by atoms with van der Waals surface area (Å²) in [7, 11) is 0.912. The summed E-state index contributed by atoms with van der Waals surface area (Å²) in [5.74, 6) is 0.611. The van der Waals surface area contributed by atoms with E-state index >= 15 is 0 Å². The van der Waals surface area contributed by atoms with Gasteiger partial charge < -0.3 is 4.74 Å². The molecule has 0 aromatic carbocycles. The smallest absolute Gasteiger partial charge is 0.308 e. The summed E-state index contributed by atoms with van der Waals surface area (Å²) in [6, 6.07) is 0. The van der Waals surface area contributed by atoms with Gasteiger partial charge >= 0.3 is 5.97 Å². The second-order valence-corrected chi connectivity index (χ2v) is 7.38. The first-order valence-electron chi connectivity index (χ1n) is 7.29. The van der Waals surface area contributed by atoms with Crippen LogP contribution in [0.3, 0.4) is 0 Å². The molecule has 17 heavy (non-hydrogen) atoms. The van der Waals surface area contributed by atoms with Gasteiger partial charge in [-0.2, -0.15) is 0 Å². The average Bonchev–Trinajstić information content (AvgIpc) is 2.82. The molecule has 0 aromatic heterocycles. The van der Waals surface area contributed by atoms with Crippen molar-refractivity contribution in [3.05, 3.63) is 0 Å². The summed E-state index contributed by atoms with van der Waals surface area (Å²) >= 11 is 0. The van der Waals surface area contributed by atoms with E-state index in [0.717, 1.165) is 42.3 Å². The topological polar surface area (TPSA) is 26.3 Å². The van der Waals surface area contributed by atoms with Crippen LogP contribution in [0.25, 0.3) is 0 Å². The first-order valence-corrected chi connectivity index (χ1v) is 8.29. The van der Waals surface area contributed by atoms with Gasteiger partial charge in [0.05, 0.1) is 5.04 Å². The summed E-state index contributed by atoms with van der Waals surface area (Å²) in [5, 5.41) is -0.147. The Labute approximate surface area is 109 Å². The first kappa shape index (κ1) is 14.7. The van der Waals surface area contributed by atoms with Crippen LogP contribution in [0.4, 0.5) is 0 Å². The van der Waals surface area contributed by atoms with Gasteiger partial charge in [0, 0.05) is 10.2 Å². The first-order chi connectivity index (χ1) is 8.08. The lowest BCUT2D eigenvalue weighted by molar-refractivity contribution is -0.154. The molecule has 1 saturated carbocycles. The molecule has 0 aliphatic heterocycles. The van der Waals surface area contributed by atoms with Gasteiger partial charge in [-0.15, -0.1) is 0 Å². The highest BCUT2D eigenvalue weighted by Gasteiger charge is 2.40. The minimum Gasteiger partial charge on any atom is -0.462 e. The van der Waals surface area contributed by atoms with E-state index in [1.165, 1.54) is 12.8 Å². The third-order valence-electron chi connectivity index (χ3n) is 4.66. The fourth-order valence-electron chi connectivity index (χ4n) is 3.08. The summed E-state index contributed by atoms with van der Waals surface area (Å²) in [6.07, 6.45) is 7.95. The molecule has 0 bridgehead atoms. The maximum Gasteiger partial charge on any atom is 0.308 e. The quantitative estimate of drug-likeness (QED) is 0.539. The van der Waals surface area contributed by atoms with Crippen molar-refractivity contribution in [2.45, 2.75) is 76.9 Å². The Bertz CT molecular complexity index is 245. The second-order valence-electron chi connectivity index (χ2n) is 5.60. The predicted octanol–water partition coefficient (Wildman–Crippen LogP) is 2.84. The number of esters is 1. The van der Waals surface area contributed by atoms with Crippen LogP contribution in [0.1, 0.15) is 65.7 Å². The van der Waals surface area contributed by atoms with Crippen LogP contribution in [0.15, 0.2) is 0 Å². The molecule has 0 heterocycles. The molecule has 2 nitrogen and oxygen atoms in total. The Balaban J connectivity index is 2.66. The van der Waals surface area contributed by atoms with Gasteiger partial charge in [0.15, 0.2) is 0 Å². The molecule has 3 heteroatoms. The Morgan fingerprint density at radius 1 is 1.29 bits per heavy atom. The highest BCUT2D eigenvalue weighted by atomic mass is 28.1. The molecule has 1 fully saturated rings. The van der Waals surface area contributed by atoms with E-state index in [1.54, 1.807) is 0 Å². The Morgan fingerprint density at radius 2 is 1.82 bits per heavy atom. The van der Waals surface area contributed by atoms with Gasteiger partial charge in [-0.05, 0) is 38.0 Å². The van der Waals surface area contributed by atoms with Gasteiger partial charge in [-0.1, -0.05) is 33.6 Å². The standard InChI is InChI=1S/C14H28O2Si/c1-4-11(5-2)14(17,6-3)13(15)16-12-9-7-8-10-12/h11-12H,4-10H2,1-3,17H3. The number of hydrogen-bond donors (Lipinski definition) is 0. The van der Waals surface area contributed by atoms with Crippen molar-refractivity contribution in [2.24, 2.45) is 5.92 Å². The van der Waals surface area contributed by atoms with E-state index in [4.69, 9.17) is 4.74 Å². The van der Waals surface area contributed by atoms with Crippen LogP contribution in [0.5, 0.6) is 0 Å². The molecule has 0 radical (unpaired) electrons. The molecule has 1 atom stereocenters. The predicted molar refractivity (Wildman–Crippen MR) is 75.3 cm³/mol. The lowest BCUT2D eigenvalue weighted by Crippen LogP contribution is -2.35. The molecule has 0 amide bonds. The van der Waals surface area contributed by atoms with E-state index in [-0.39, 0.29) is 17.1 Å². The molecule has 0 aromatic rings. The van der Waals surface area contributed by atoms with E-state index < -0.39 is 0 Å². The molecule has 0 spiro atoms. The molecule has 0 saturated heterocycles. The number of rotatable bonds is 6. The highest BCUT2D eigenvalue weighted by molar-refractivity contribution is 6.27. The Kier molecular flexibility index (Phi) is 5.70. The summed E-state index contributed by atoms with van der Waals surface area (Å²) in [5.41, 5.74) is 0. The minimum absolute atomic E-state index is 0.104. The van der Waals surface area contributed by atoms with Crippen LogP contribution < -0.4 is 0 Å². The van der Waals surface area contributed by atoms with Crippen LogP contribution in [0, 0.1) is 5.92 Å². The SMILES string of the molecule is CCC(CC)C([SiH3])(CC)C(=O)OC1CCCC1. The average molecular weight is 256 g/mol. The van der Waals surface area contributed by atoms with Gasteiger partial charge in [0.2, 0.25) is 0 Å². The number of hydrogen-bond acceptors (Lipinski definition) is 2. The van der Waals surface area contributed by atoms with Gasteiger partial charge in [0.25, 0.3) is 0 Å². The molecule has 1 aliphatic carbocycles. The van der Waals surface area contributed by atoms with Crippen molar-refractivity contribution in [3.8, 4) is 0 Å². The van der Waals surface area contributed by atoms with Crippen molar-refractivity contribution in [1.82, 2.24) is 0 Å². The second kappa shape index (κ2) is 6.57. The van der Waals surface area contributed by atoms with Gasteiger partial charge in [0.1, 0.15) is 6.10 Å². The van der Waals surface area contributed by atoms with Crippen LogP contribution >= 0.6 is 0 Å². The number of carbonyl (C=O) groups excluding carboxylic acids is 1. The summed E-state index contributed by atoms with van der Waals surface area (Å²) in [4.78, 5) is 12.4. The summed E-state index contributed by atoms with van der Waals surface area (Å²) in [6.45, 7) is 6.53.